The molecule has 0 unspecified atom stereocenters. The summed E-state index contributed by atoms with van der Waals surface area (Å²) in [5.74, 6) is -1.62. The summed E-state index contributed by atoms with van der Waals surface area (Å²) < 4.78 is 0. The molecule has 4 N–H and O–H groups in total. The van der Waals surface area contributed by atoms with E-state index in [-0.39, 0.29) is 17.2 Å². The zero-order valence-corrected chi connectivity index (χ0v) is 10.9. The lowest BCUT2D eigenvalue weighted by molar-refractivity contribution is -0.118. The second-order valence-corrected chi connectivity index (χ2v) is 4.69. The fraction of sp³-hybridized carbons (Fsp3) is 0.333. The van der Waals surface area contributed by atoms with Crippen LogP contribution < -0.4 is 11.1 Å². The van der Waals surface area contributed by atoms with Crippen LogP contribution in [0.4, 0.5) is 5.69 Å². The standard InChI is InChI=1S/C12H15ClN2O3/c1-6(2)10(14)11(16)15-9-5-7(13)3-4-8(9)12(17)18/h3-6,10H,14H2,1-2H3,(H,15,16)(H,17,18)/t10-/m1/s1. The van der Waals surface area contributed by atoms with E-state index in [9.17, 15) is 9.59 Å². The zero-order chi connectivity index (χ0) is 13.9. The second-order valence-electron chi connectivity index (χ2n) is 4.25. The molecule has 5 nitrogen and oxygen atoms in total. The maximum absolute atomic E-state index is 11.8. The third kappa shape index (κ3) is 3.45. The molecular weight excluding hydrogens is 256 g/mol. The Labute approximate surface area is 110 Å². The molecule has 0 saturated heterocycles. The van der Waals surface area contributed by atoms with Crippen LogP contribution in [-0.2, 0) is 4.79 Å². The summed E-state index contributed by atoms with van der Waals surface area (Å²) in [4.78, 5) is 22.8. The van der Waals surface area contributed by atoms with E-state index in [1.165, 1.54) is 18.2 Å². The minimum atomic E-state index is -1.14. The molecule has 0 aliphatic heterocycles. The van der Waals surface area contributed by atoms with E-state index < -0.39 is 17.9 Å². The van der Waals surface area contributed by atoms with Gasteiger partial charge in [-0.25, -0.2) is 4.79 Å². The topological polar surface area (TPSA) is 92.4 Å². The average Bonchev–Trinajstić information content (AvgIpc) is 2.27. The molecule has 0 bridgehead atoms. The number of halogens is 1. The molecule has 0 aromatic heterocycles. The molecule has 1 aromatic carbocycles. The molecule has 98 valence electrons. The summed E-state index contributed by atoms with van der Waals surface area (Å²) in [6.45, 7) is 3.61. The van der Waals surface area contributed by atoms with Crippen LogP contribution in [0.1, 0.15) is 24.2 Å². The smallest absolute Gasteiger partial charge is 0.337 e. The summed E-state index contributed by atoms with van der Waals surface area (Å²) in [5, 5.41) is 11.8. The first-order valence-electron chi connectivity index (χ1n) is 5.42. The number of aromatic carboxylic acids is 1. The lowest BCUT2D eigenvalue weighted by atomic mass is 10.0. The number of anilines is 1. The maximum atomic E-state index is 11.8. The molecule has 0 fully saturated rings. The van der Waals surface area contributed by atoms with Crippen molar-refractivity contribution >= 4 is 29.2 Å². The van der Waals surface area contributed by atoms with Gasteiger partial charge >= 0.3 is 5.97 Å². The minimum Gasteiger partial charge on any atom is -0.478 e. The Kier molecular flexibility index (Phi) is 4.69. The number of nitrogens with two attached hydrogens (primary N) is 1. The molecule has 1 aromatic rings. The zero-order valence-electron chi connectivity index (χ0n) is 10.1. The van der Waals surface area contributed by atoms with Gasteiger partial charge in [-0.15, -0.1) is 0 Å². The van der Waals surface area contributed by atoms with Crippen LogP contribution >= 0.6 is 11.6 Å². The van der Waals surface area contributed by atoms with Crippen LogP contribution in [0, 0.1) is 5.92 Å². The molecule has 1 atom stereocenters. The van der Waals surface area contributed by atoms with Gasteiger partial charge in [0.05, 0.1) is 17.3 Å². The van der Waals surface area contributed by atoms with E-state index in [4.69, 9.17) is 22.4 Å². The monoisotopic (exact) mass is 270 g/mol. The Morgan fingerprint density at radius 1 is 1.39 bits per heavy atom. The Balaban J connectivity index is 2.99. The van der Waals surface area contributed by atoms with Gasteiger partial charge in [-0.2, -0.15) is 0 Å². The van der Waals surface area contributed by atoms with Crippen LogP contribution in [0.3, 0.4) is 0 Å². The summed E-state index contributed by atoms with van der Waals surface area (Å²) in [5.41, 5.74) is 5.80. The van der Waals surface area contributed by atoms with Crippen molar-refractivity contribution in [2.75, 3.05) is 5.32 Å². The second kappa shape index (κ2) is 5.84. The maximum Gasteiger partial charge on any atom is 0.337 e. The van der Waals surface area contributed by atoms with Crippen molar-refractivity contribution in [2.45, 2.75) is 19.9 Å². The van der Waals surface area contributed by atoms with Gasteiger partial charge in [-0.05, 0) is 24.1 Å². The Morgan fingerprint density at radius 2 is 2.00 bits per heavy atom. The van der Waals surface area contributed by atoms with Gasteiger partial charge in [-0.3, -0.25) is 4.79 Å². The molecule has 18 heavy (non-hydrogen) atoms. The van der Waals surface area contributed by atoms with Crippen molar-refractivity contribution in [1.82, 2.24) is 0 Å². The first kappa shape index (κ1) is 14.5. The van der Waals surface area contributed by atoms with Crippen LogP contribution in [0.25, 0.3) is 0 Å². The number of carboxylic acids is 1. The van der Waals surface area contributed by atoms with E-state index in [1.54, 1.807) is 13.8 Å². The summed E-state index contributed by atoms with van der Waals surface area (Å²) >= 11 is 5.77. The average molecular weight is 271 g/mol. The fourth-order valence-corrected chi connectivity index (χ4v) is 1.50. The predicted octanol–water partition coefficient (Wildman–Crippen LogP) is 1.96. The Hall–Kier alpha value is -1.59. The normalized spacial score (nSPS) is 12.3. The van der Waals surface area contributed by atoms with Crippen molar-refractivity contribution in [3.8, 4) is 0 Å². The number of carbonyl (C=O) groups is 2. The van der Waals surface area contributed by atoms with E-state index >= 15 is 0 Å². The highest BCUT2D eigenvalue weighted by Gasteiger charge is 2.19. The number of carbonyl (C=O) groups excluding carboxylic acids is 1. The summed E-state index contributed by atoms with van der Waals surface area (Å²) in [6, 6.07) is 3.46. The highest BCUT2D eigenvalue weighted by atomic mass is 35.5. The van der Waals surface area contributed by atoms with E-state index in [0.29, 0.717) is 5.02 Å². The van der Waals surface area contributed by atoms with Crippen LogP contribution in [-0.4, -0.2) is 23.0 Å². The molecular formula is C12H15ClN2O3. The number of hydrogen-bond donors (Lipinski definition) is 3. The summed E-state index contributed by atoms with van der Waals surface area (Å²) in [6.07, 6.45) is 0. The minimum absolute atomic E-state index is 0.0243. The lowest BCUT2D eigenvalue weighted by Gasteiger charge is -2.16. The summed E-state index contributed by atoms with van der Waals surface area (Å²) in [7, 11) is 0. The first-order valence-corrected chi connectivity index (χ1v) is 5.80. The van der Waals surface area contributed by atoms with Gasteiger partial charge in [0, 0.05) is 5.02 Å². The van der Waals surface area contributed by atoms with E-state index in [0.717, 1.165) is 0 Å². The number of nitrogens with one attached hydrogen (secondary N) is 1. The van der Waals surface area contributed by atoms with Crippen molar-refractivity contribution in [3.05, 3.63) is 28.8 Å². The fourth-order valence-electron chi connectivity index (χ4n) is 1.33. The van der Waals surface area contributed by atoms with Crippen LogP contribution in [0.15, 0.2) is 18.2 Å². The predicted molar refractivity (Wildman–Crippen MR) is 69.9 cm³/mol. The number of amides is 1. The van der Waals surface area contributed by atoms with E-state index in [1.807, 2.05) is 0 Å². The van der Waals surface area contributed by atoms with Crippen molar-refractivity contribution in [3.63, 3.8) is 0 Å². The number of hydrogen-bond acceptors (Lipinski definition) is 3. The Morgan fingerprint density at radius 3 is 2.50 bits per heavy atom. The molecule has 1 amide bonds. The number of carboxylic acid groups (broad SMARTS) is 1. The molecule has 0 saturated carbocycles. The van der Waals surface area contributed by atoms with Crippen molar-refractivity contribution in [2.24, 2.45) is 11.7 Å². The van der Waals surface area contributed by atoms with Gasteiger partial charge in [-0.1, -0.05) is 25.4 Å². The van der Waals surface area contributed by atoms with Crippen LogP contribution in [0.2, 0.25) is 5.02 Å². The highest BCUT2D eigenvalue weighted by Crippen LogP contribution is 2.21. The number of rotatable bonds is 4. The third-order valence-electron chi connectivity index (χ3n) is 2.49. The highest BCUT2D eigenvalue weighted by molar-refractivity contribution is 6.31. The van der Waals surface area contributed by atoms with Gasteiger partial charge in [0.2, 0.25) is 5.91 Å². The molecule has 0 spiro atoms. The van der Waals surface area contributed by atoms with Crippen molar-refractivity contribution < 1.29 is 14.7 Å². The quantitative estimate of drug-likeness (QED) is 0.780. The van der Waals surface area contributed by atoms with Gasteiger partial charge < -0.3 is 16.2 Å². The third-order valence-corrected chi connectivity index (χ3v) is 2.73. The molecule has 0 aliphatic rings. The van der Waals surface area contributed by atoms with Crippen molar-refractivity contribution in [1.29, 1.82) is 0 Å². The SMILES string of the molecule is CC(C)[C@@H](N)C(=O)Nc1cc(Cl)ccc1C(=O)O. The Bertz CT molecular complexity index is 474. The molecule has 0 heterocycles. The molecule has 0 radical (unpaired) electrons. The largest absolute Gasteiger partial charge is 0.478 e. The lowest BCUT2D eigenvalue weighted by Crippen LogP contribution is -2.40. The number of benzene rings is 1. The van der Waals surface area contributed by atoms with Gasteiger partial charge in [0.1, 0.15) is 0 Å². The van der Waals surface area contributed by atoms with Crippen LogP contribution in [0.5, 0.6) is 0 Å². The van der Waals surface area contributed by atoms with Gasteiger partial charge in [0.25, 0.3) is 0 Å². The molecule has 0 aliphatic carbocycles. The molecule has 1 rings (SSSR count). The first-order chi connectivity index (χ1) is 8.32. The van der Waals surface area contributed by atoms with E-state index in [2.05, 4.69) is 5.32 Å². The van der Waals surface area contributed by atoms with Gasteiger partial charge in [0.15, 0.2) is 0 Å². The molecule has 6 heteroatoms.